The lowest BCUT2D eigenvalue weighted by molar-refractivity contribution is -0.128. The minimum absolute atomic E-state index is 0.0583. The topological polar surface area (TPSA) is 52.7 Å². The second-order valence-corrected chi connectivity index (χ2v) is 7.09. The van der Waals surface area contributed by atoms with Crippen molar-refractivity contribution in [2.24, 2.45) is 11.8 Å². The SMILES string of the molecule is CC(=O)N1CCCN(C(=O)N[C@@H]2CCCC[C@H]2C(C)C)CC1. The second-order valence-electron chi connectivity index (χ2n) is 7.09. The number of hydrogen-bond donors (Lipinski definition) is 1. The van der Waals surface area contributed by atoms with Crippen molar-refractivity contribution in [2.75, 3.05) is 26.2 Å². The summed E-state index contributed by atoms with van der Waals surface area (Å²) in [4.78, 5) is 27.8. The average Bonchev–Trinajstić information content (AvgIpc) is 2.73. The van der Waals surface area contributed by atoms with Gasteiger partial charge in [0.1, 0.15) is 0 Å². The molecule has 0 aromatic rings. The van der Waals surface area contributed by atoms with Gasteiger partial charge in [0.2, 0.25) is 5.91 Å². The van der Waals surface area contributed by atoms with E-state index in [4.69, 9.17) is 0 Å². The smallest absolute Gasteiger partial charge is 0.317 e. The quantitative estimate of drug-likeness (QED) is 0.852. The Kier molecular flexibility index (Phi) is 6.09. The van der Waals surface area contributed by atoms with E-state index in [2.05, 4.69) is 19.2 Å². The van der Waals surface area contributed by atoms with E-state index in [-0.39, 0.29) is 11.9 Å². The van der Waals surface area contributed by atoms with Crippen LogP contribution < -0.4 is 5.32 Å². The van der Waals surface area contributed by atoms with Crippen molar-refractivity contribution in [1.29, 1.82) is 0 Å². The minimum Gasteiger partial charge on any atom is -0.341 e. The number of nitrogens with zero attached hydrogens (tertiary/aromatic N) is 2. The van der Waals surface area contributed by atoms with Gasteiger partial charge < -0.3 is 15.1 Å². The Morgan fingerprint density at radius 2 is 1.59 bits per heavy atom. The van der Waals surface area contributed by atoms with Crippen molar-refractivity contribution in [3.63, 3.8) is 0 Å². The fourth-order valence-corrected chi connectivity index (χ4v) is 3.82. The molecule has 3 amide bonds. The molecule has 5 heteroatoms. The number of nitrogens with one attached hydrogen (secondary N) is 1. The lowest BCUT2D eigenvalue weighted by Gasteiger charge is -2.36. The van der Waals surface area contributed by atoms with E-state index in [1.54, 1.807) is 6.92 Å². The minimum atomic E-state index is 0.0583. The molecule has 0 aromatic heterocycles. The fourth-order valence-electron chi connectivity index (χ4n) is 3.82. The van der Waals surface area contributed by atoms with Crippen LogP contribution in [0.1, 0.15) is 52.9 Å². The second kappa shape index (κ2) is 7.84. The van der Waals surface area contributed by atoms with Crippen molar-refractivity contribution < 1.29 is 9.59 Å². The molecule has 1 aliphatic heterocycles. The number of rotatable bonds is 2. The molecule has 0 bridgehead atoms. The fraction of sp³-hybridized carbons (Fsp3) is 0.882. The molecular weight excluding hydrogens is 278 g/mol. The monoisotopic (exact) mass is 309 g/mol. The van der Waals surface area contributed by atoms with Gasteiger partial charge in [0.05, 0.1) is 0 Å². The zero-order valence-electron chi connectivity index (χ0n) is 14.3. The van der Waals surface area contributed by atoms with Crippen LogP contribution in [0.25, 0.3) is 0 Å². The molecule has 2 aliphatic rings. The summed E-state index contributed by atoms with van der Waals surface area (Å²) in [6.45, 7) is 8.92. The van der Waals surface area contributed by atoms with E-state index in [0.717, 1.165) is 25.9 Å². The highest BCUT2D eigenvalue weighted by Crippen LogP contribution is 2.30. The van der Waals surface area contributed by atoms with E-state index in [0.29, 0.717) is 31.0 Å². The summed E-state index contributed by atoms with van der Waals surface area (Å²) in [5.41, 5.74) is 0. The molecule has 0 spiro atoms. The first-order chi connectivity index (χ1) is 10.5. The normalized spacial score (nSPS) is 26.7. The summed E-state index contributed by atoms with van der Waals surface area (Å²) in [7, 11) is 0. The van der Waals surface area contributed by atoms with Crippen molar-refractivity contribution in [1.82, 2.24) is 15.1 Å². The Hall–Kier alpha value is -1.26. The lowest BCUT2D eigenvalue weighted by atomic mass is 9.78. The van der Waals surface area contributed by atoms with Gasteiger partial charge in [-0.1, -0.05) is 26.7 Å². The molecule has 5 nitrogen and oxygen atoms in total. The van der Waals surface area contributed by atoms with Gasteiger partial charge >= 0.3 is 6.03 Å². The maximum atomic E-state index is 12.6. The summed E-state index contributed by atoms with van der Waals surface area (Å²) < 4.78 is 0. The predicted octanol–water partition coefficient (Wildman–Crippen LogP) is 2.46. The molecule has 1 saturated heterocycles. The summed E-state index contributed by atoms with van der Waals surface area (Å²) in [6, 6.07) is 0.372. The first-order valence-electron chi connectivity index (χ1n) is 8.80. The number of urea groups is 1. The molecule has 126 valence electrons. The van der Waals surface area contributed by atoms with Gasteiger partial charge in [0, 0.05) is 39.1 Å². The Labute approximate surface area is 134 Å². The van der Waals surface area contributed by atoms with Crippen LogP contribution in [0.4, 0.5) is 4.79 Å². The number of carbonyl (C=O) groups is 2. The van der Waals surface area contributed by atoms with E-state index in [1.807, 2.05) is 9.80 Å². The highest BCUT2D eigenvalue weighted by molar-refractivity contribution is 5.75. The Balaban J connectivity index is 1.89. The zero-order chi connectivity index (χ0) is 16.1. The average molecular weight is 309 g/mol. The van der Waals surface area contributed by atoms with Crippen molar-refractivity contribution >= 4 is 11.9 Å². The third-order valence-electron chi connectivity index (χ3n) is 5.21. The van der Waals surface area contributed by atoms with E-state index in [1.165, 1.54) is 19.3 Å². The zero-order valence-corrected chi connectivity index (χ0v) is 14.3. The number of amides is 3. The van der Waals surface area contributed by atoms with Gasteiger partial charge in [-0.15, -0.1) is 0 Å². The van der Waals surface area contributed by atoms with Gasteiger partial charge in [-0.3, -0.25) is 4.79 Å². The van der Waals surface area contributed by atoms with Crippen LogP contribution in [0, 0.1) is 11.8 Å². The van der Waals surface area contributed by atoms with Crippen LogP contribution in [0.3, 0.4) is 0 Å². The molecule has 22 heavy (non-hydrogen) atoms. The third kappa shape index (κ3) is 4.37. The van der Waals surface area contributed by atoms with Crippen molar-refractivity contribution in [3.8, 4) is 0 Å². The Morgan fingerprint density at radius 1 is 0.955 bits per heavy atom. The summed E-state index contributed by atoms with van der Waals surface area (Å²) in [5, 5.41) is 3.28. The first-order valence-corrected chi connectivity index (χ1v) is 8.80. The molecule has 0 aromatic carbocycles. The molecular formula is C17H31N3O2. The summed E-state index contributed by atoms with van der Waals surface area (Å²) in [6.07, 6.45) is 5.69. The van der Waals surface area contributed by atoms with Crippen LogP contribution in [0.15, 0.2) is 0 Å². The highest BCUT2D eigenvalue weighted by atomic mass is 16.2. The van der Waals surface area contributed by atoms with Crippen molar-refractivity contribution in [3.05, 3.63) is 0 Å². The summed E-state index contributed by atoms with van der Waals surface area (Å²) >= 11 is 0. The van der Waals surface area contributed by atoms with Crippen LogP contribution in [0.5, 0.6) is 0 Å². The van der Waals surface area contributed by atoms with Crippen LogP contribution >= 0.6 is 0 Å². The van der Waals surface area contributed by atoms with Gasteiger partial charge in [-0.25, -0.2) is 4.79 Å². The van der Waals surface area contributed by atoms with E-state index >= 15 is 0 Å². The molecule has 2 atom stereocenters. The molecule has 0 radical (unpaired) electrons. The molecule has 2 rings (SSSR count). The van der Waals surface area contributed by atoms with Crippen molar-refractivity contribution in [2.45, 2.75) is 58.9 Å². The van der Waals surface area contributed by atoms with Gasteiger partial charge in [-0.2, -0.15) is 0 Å². The maximum Gasteiger partial charge on any atom is 0.317 e. The molecule has 1 aliphatic carbocycles. The molecule has 1 N–H and O–H groups in total. The number of carbonyl (C=O) groups excluding carboxylic acids is 2. The molecule has 1 saturated carbocycles. The number of hydrogen-bond acceptors (Lipinski definition) is 2. The van der Waals surface area contributed by atoms with Gasteiger partial charge in [0.15, 0.2) is 0 Å². The van der Waals surface area contributed by atoms with Crippen LogP contribution in [-0.2, 0) is 4.79 Å². The third-order valence-corrected chi connectivity index (χ3v) is 5.21. The van der Waals surface area contributed by atoms with Crippen LogP contribution in [-0.4, -0.2) is 54.0 Å². The molecule has 0 unspecified atom stereocenters. The van der Waals surface area contributed by atoms with E-state index < -0.39 is 0 Å². The molecule has 2 fully saturated rings. The van der Waals surface area contributed by atoms with E-state index in [9.17, 15) is 9.59 Å². The first kappa shape index (κ1) is 17.1. The lowest BCUT2D eigenvalue weighted by Crippen LogP contribution is -2.50. The predicted molar refractivity (Wildman–Crippen MR) is 87.6 cm³/mol. The highest BCUT2D eigenvalue weighted by Gasteiger charge is 2.30. The standard InChI is InChI=1S/C17H31N3O2/c1-13(2)15-7-4-5-8-16(15)18-17(22)20-10-6-9-19(11-12-20)14(3)21/h13,15-16H,4-12H2,1-3H3,(H,18,22)/t15-,16+/m0/s1. The Morgan fingerprint density at radius 3 is 2.27 bits per heavy atom. The Bertz CT molecular complexity index is 397. The largest absolute Gasteiger partial charge is 0.341 e. The van der Waals surface area contributed by atoms with Crippen LogP contribution in [0.2, 0.25) is 0 Å². The summed E-state index contributed by atoms with van der Waals surface area (Å²) in [5.74, 6) is 1.32. The van der Waals surface area contributed by atoms with Gasteiger partial charge in [-0.05, 0) is 31.1 Å². The maximum absolute atomic E-state index is 12.6. The molecule has 1 heterocycles. The van der Waals surface area contributed by atoms with Gasteiger partial charge in [0.25, 0.3) is 0 Å².